The first-order valence-corrected chi connectivity index (χ1v) is 10.4. The van der Waals surface area contributed by atoms with Crippen LogP contribution >= 0.6 is 0 Å². The average molecular weight is 392 g/mol. The van der Waals surface area contributed by atoms with Crippen molar-refractivity contribution in [3.05, 3.63) is 59.7 Å². The number of hydrogen-bond acceptors (Lipinski definition) is 3. The van der Waals surface area contributed by atoms with E-state index in [9.17, 15) is 9.59 Å². The predicted molar refractivity (Wildman–Crippen MR) is 113 cm³/mol. The molecule has 2 unspecified atom stereocenters. The third kappa shape index (κ3) is 4.44. The highest BCUT2D eigenvalue weighted by Gasteiger charge is 2.41. The molecule has 2 atom stereocenters. The molecule has 1 N–H and O–H groups in total. The van der Waals surface area contributed by atoms with Crippen LogP contribution in [0.5, 0.6) is 5.75 Å². The molecule has 29 heavy (non-hydrogen) atoms. The number of rotatable bonds is 5. The molecular formula is C24H28N2O3. The maximum Gasteiger partial charge on any atom is 0.229 e. The van der Waals surface area contributed by atoms with Crippen molar-refractivity contribution in [2.75, 3.05) is 19.0 Å². The molecule has 152 valence electrons. The maximum atomic E-state index is 13.0. The highest BCUT2D eigenvalue weighted by atomic mass is 16.5. The average Bonchev–Trinajstić information content (AvgIpc) is 3.59. The van der Waals surface area contributed by atoms with Crippen LogP contribution in [0.3, 0.4) is 0 Å². The molecule has 4 rings (SSSR count). The summed E-state index contributed by atoms with van der Waals surface area (Å²) in [5, 5.41) is 3.00. The molecule has 2 aromatic carbocycles. The molecule has 5 heteroatoms. The topological polar surface area (TPSA) is 58.6 Å². The molecule has 2 amide bonds. The minimum atomic E-state index is -0.194. The summed E-state index contributed by atoms with van der Waals surface area (Å²) < 4.78 is 5.16. The van der Waals surface area contributed by atoms with Crippen LogP contribution in [-0.4, -0.2) is 30.4 Å². The van der Waals surface area contributed by atoms with Crippen molar-refractivity contribution in [2.45, 2.75) is 38.6 Å². The van der Waals surface area contributed by atoms with Gasteiger partial charge in [0, 0.05) is 18.2 Å². The summed E-state index contributed by atoms with van der Waals surface area (Å²) in [7, 11) is 1.62. The number of piperidine rings is 1. The number of benzene rings is 2. The lowest BCUT2D eigenvalue weighted by Gasteiger charge is -2.40. The van der Waals surface area contributed by atoms with Crippen molar-refractivity contribution in [3.63, 3.8) is 0 Å². The van der Waals surface area contributed by atoms with Crippen molar-refractivity contribution >= 4 is 17.5 Å². The molecule has 1 saturated carbocycles. The fraction of sp³-hybridized carbons (Fsp3) is 0.417. The summed E-state index contributed by atoms with van der Waals surface area (Å²) in [5.41, 5.74) is 3.12. The molecule has 2 aromatic rings. The number of ether oxygens (including phenoxy) is 1. The molecule has 1 heterocycles. The molecular weight excluding hydrogens is 364 g/mol. The molecule has 2 aliphatic rings. The lowest BCUT2D eigenvalue weighted by atomic mass is 9.87. The van der Waals surface area contributed by atoms with Crippen molar-refractivity contribution in [1.29, 1.82) is 0 Å². The highest BCUT2D eigenvalue weighted by Crippen LogP contribution is 2.39. The largest absolute Gasteiger partial charge is 0.497 e. The molecule has 0 aromatic heterocycles. The second-order valence-electron chi connectivity index (χ2n) is 8.19. The monoisotopic (exact) mass is 392 g/mol. The molecule has 2 fully saturated rings. The van der Waals surface area contributed by atoms with Gasteiger partial charge in [0.15, 0.2) is 0 Å². The standard InChI is InChI=1S/C24H28N2O3/c1-16-4-3-5-18(14-16)22-13-8-19(15-26(22)24(28)17-6-7-17)23(27)25-20-9-11-21(29-2)12-10-20/h3-5,9-12,14,17,19,22H,6-8,13,15H2,1-2H3,(H,25,27). The van der Waals surface area contributed by atoms with Gasteiger partial charge in [0.1, 0.15) is 5.75 Å². The number of carbonyl (C=O) groups excluding carboxylic acids is 2. The zero-order valence-electron chi connectivity index (χ0n) is 17.1. The van der Waals surface area contributed by atoms with Crippen LogP contribution in [0.1, 0.15) is 42.9 Å². The predicted octanol–water partition coefficient (Wildman–Crippen LogP) is 4.33. The van der Waals surface area contributed by atoms with Gasteiger partial charge in [0.2, 0.25) is 11.8 Å². The fourth-order valence-electron chi connectivity index (χ4n) is 4.14. The van der Waals surface area contributed by atoms with Crippen LogP contribution in [0.4, 0.5) is 5.69 Å². The summed E-state index contributed by atoms with van der Waals surface area (Å²) in [5.74, 6) is 0.888. The fourth-order valence-corrected chi connectivity index (χ4v) is 4.14. The minimum Gasteiger partial charge on any atom is -0.497 e. The van der Waals surface area contributed by atoms with E-state index in [0.717, 1.165) is 37.1 Å². The van der Waals surface area contributed by atoms with Gasteiger partial charge in [-0.05, 0) is 62.4 Å². The van der Waals surface area contributed by atoms with E-state index >= 15 is 0 Å². The Labute approximate surface area is 172 Å². The van der Waals surface area contributed by atoms with E-state index in [0.29, 0.717) is 6.54 Å². The van der Waals surface area contributed by atoms with E-state index in [-0.39, 0.29) is 29.7 Å². The zero-order chi connectivity index (χ0) is 20.4. The first-order valence-electron chi connectivity index (χ1n) is 10.4. The summed E-state index contributed by atoms with van der Waals surface area (Å²) in [4.78, 5) is 27.9. The Morgan fingerprint density at radius 2 is 1.72 bits per heavy atom. The SMILES string of the molecule is COc1ccc(NC(=O)C2CCC(c3cccc(C)c3)N(C(=O)C3CC3)C2)cc1. The maximum absolute atomic E-state index is 13.0. The van der Waals surface area contributed by atoms with Gasteiger partial charge < -0.3 is 15.0 Å². The molecule has 1 saturated heterocycles. The number of nitrogens with one attached hydrogen (secondary N) is 1. The number of hydrogen-bond donors (Lipinski definition) is 1. The van der Waals surface area contributed by atoms with Crippen LogP contribution in [0.15, 0.2) is 48.5 Å². The summed E-state index contributed by atoms with van der Waals surface area (Å²) in [6.45, 7) is 2.56. The van der Waals surface area contributed by atoms with E-state index in [1.807, 2.05) is 35.2 Å². The van der Waals surface area contributed by atoms with Gasteiger partial charge in [-0.3, -0.25) is 9.59 Å². The Bertz CT molecular complexity index is 889. The lowest BCUT2D eigenvalue weighted by molar-refractivity contribution is -0.139. The molecule has 0 bridgehead atoms. The van der Waals surface area contributed by atoms with E-state index in [1.165, 1.54) is 11.1 Å². The Morgan fingerprint density at radius 3 is 2.38 bits per heavy atom. The van der Waals surface area contributed by atoms with Gasteiger partial charge in [-0.2, -0.15) is 0 Å². The number of methoxy groups -OCH3 is 1. The first kappa shape index (κ1) is 19.5. The van der Waals surface area contributed by atoms with Gasteiger partial charge >= 0.3 is 0 Å². The molecule has 5 nitrogen and oxygen atoms in total. The first-order chi connectivity index (χ1) is 14.0. The number of carbonyl (C=O) groups is 2. The van der Waals surface area contributed by atoms with E-state index in [4.69, 9.17) is 4.74 Å². The Balaban J connectivity index is 1.48. The van der Waals surface area contributed by atoms with Gasteiger partial charge in [0.05, 0.1) is 19.1 Å². The van der Waals surface area contributed by atoms with Gasteiger partial charge in [-0.1, -0.05) is 29.8 Å². The van der Waals surface area contributed by atoms with Crippen LogP contribution < -0.4 is 10.1 Å². The third-order valence-electron chi connectivity index (χ3n) is 5.95. The molecule has 1 aliphatic heterocycles. The minimum absolute atomic E-state index is 0.0218. The van der Waals surface area contributed by atoms with Crippen LogP contribution in [0, 0.1) is 18.8 Å². The van der Waals surface area contributed by atoms with E-state index in [2.05, 4.69) is 30.4 Å². The Hall–Kier alpha value is -2.82. The van der Waals surface area contributed by atoms with Crippen LogP contribution in [0.25, 0.3) is 0 Å². The number of aryl methyl sites for hydroxylation is 1. The third-order valence-corrected chi connectivity index (χ3v) is 5.95. The van der Waals surface area contributed by atoms with Crippen LogP contribution in [0.2, 0.25) is 0 Å². The molecule has 0 radical (unpaired) electrons. The summed E-state index contributed by atoms with van der Waals surface area (Å²) in [6.07, 6.45) is 3.52. The molecule has 0 spiro atoms. The van der Waals surface area contributed by atoms with E-state index in [1.54, 1.807) is 7.11 Å². The summed E-state index contributed by atoms with van der Waals surface area (Å²) in [6, 6.07) is 15.8. The Kier molecular flexibility index (Phi) is 5.56. The quantitative estimate of drug-likeness (QED) is 0.824. The number of anilines is 1. The number of nitrogens with zero attached hydrogens (tertiary/aromatic N) is 1. The molecule has 1 aliphatic carbocycles. The summed E-state index contributed by atoms with van der Waals surface area (Å²) >= 11 is 0. The van der Waals surface area contributed by atoms with Gasteiger partial charge in [-0.15, -0.1) is 0 Å². The van der Waals surface area contributed by atoms with E-state index < -0.39 is 0 Å². The smallest absolute Gasteiger partial charge is 0.229 e. The van der Waals surface area contributed by atoms with Crippen molar-refractivity contribution in [2.24, 2.45) is 11.8 Å². The second kappa shape index (κ2) is 8.27. The second-order valence-corrected chi connectivity index (χ2v) is 8.19. The normalized spacial score (nSPS) is 21.5. The van der Waals surface area contributed by atoms with Crippen molar-refractivity contribution < 1.29 is 14.3 Å². The Morgan fingerprint density at radius 1 is 1.00 bits per heavy atom. The number of amides is 2. The van der Waals surface area contributed by atoms with Gasteiger partial charge in [0.25, 0.3) is 0 Å². The highest BCUT2D eigenvalue weighted by molar-refractivity contribution is 5.93. The van der Waals surface area contributed by atoms with Crippen molar-refractivity contribution in [1.82, 2.24) is 4.90 Å². The van der Waals surface area contributed by atoms with Crippen molar-refractivity contribution in [3.8, 4) is 5.75 Å². The zero-order valence-corrected chi connectivity index (χ0v) is 17.1. The number of likely N-dealkylation sites (tertiary alicyclic amines) is 1. The van der Waals surface area contributed by atoms with Crippen LogP contribution in [-0.2, 0) is 9.59 Å². The van der Waals surface area contributed by atoms with Gasteiger partial charge in [-0.25, -0.2) is 0 Å². The lowest BCUT2D eigenvalue weighted by Crippen LogP contribution is -2.46.